The maximum Gasteiger partial charge on any atom is 0.225 e. The second-order valence-corrected chi connectivity index (χ2v) is 6.77. The van der Waals surface area contributed by atoms with E-state index in [1.165, 1.54) is 4.90 Å². The third-order valence-corrected chi connectivity index (χ3v) is 5.10. The molecular weight excluding hydrogens is 336 g/mol. The Kier molecular flexibility index (Phi) is 5.21. The number of nitrogens with zero attached hydrogens (tertiary/aromatic N) is 3. The topological polar surface area (TPSA) is 50.5 Å². The van der Waals surface area contributed by atoms with Gasteiger partial charge in [0.05, 0.1) is 26.2 Å². The highest BCUT2D eigenvalue weighted by Crippen LogP contribution is 2.17. The van der Waals surface area contributed by atoms with Gasteiger partial charge in [0.25, 0.3) is 0 Å². The minimum absolute atomic E-state index is 0.182. The molecule has 1 aromatic heterocycles. The first-order valence-corrected chi connectivity index (χ1v) is 9.33. The summed E-state index contributed by atoms with van der Waals surface area (Å²) in [7, 11) is 0. The van der Waals surface area contributed by atoms with E-state index in [4.69, 9.17) is 0 Å². The zero-order valence-corrected chi connectivity index (χ0v) is 15.2. The average molecular weight is 359 g/mol. The highest BCUT2D eigenvalue weighted by Gasteiger charge is 2.35. The van der Waals surface area contributed by atoms with E-state index in [1.807, 2.05) is 54.6 Å². The minimum Gasteiger partial charge on any atom is -0.330 e. The highest BCUT2D eigenvalue weighted by molar-refractivity contribution is 5.99. The quantitative estimate of drug-likeness (QED) is 0.706. The first-order chi connectivity index (χ1) is 13.3. The van der Waals surface area contributed by atoms with Crippen LogP contribution in [0, 0.1) is 0 Å². The van der Waals surface area contributed by atoms with Crippen molar-refractivity contribution in [2.45, 2.75) is 6.04 Å². The molecule has 4 rings (SSSR count). The van der Waals surface area contributed by atoms with E-state index in [-0.39, 0.29) is 11.8 Å². The van der Waals surface area contributed by atoms with Gasteiger partial charge < -0.3 is 9.80 Å². The van der Waals surface area contributed by atoms with Gasteiger partial charge in [-0.1, -0.05) is 60.7 Å². The van der Waals surface area contributed by atoms with Gasteiger partial charge in [-0.15, -0.1) is 0 Å². The summed E-state index contributed by atoms with van der Waals surface area (Å²) in [6.45, 7) is 3.42. The Morgan fingerprint density at radius 1 is 0.852 bits per heavy atom. The maximum atomic E-state index is 13.3. The number of aromatic nitrogens is 2. The SMILES string of the molecule is O=C(c1ccccc1)[C@H](c1ccccc1)[NH+]1CCN(c2ncccn2)CC1. The number of nitrogens with one attached hydrogen (secondary N) is 1. The van der Waals surface area contributed by atoms with Gasteiger partial charge in [0.1, 0.15) is 0 Å². The molecule has 0 unspecified atom stereocenters. The molecule has 2 heterocycles. The molecule has 27 heavy (non-hydrogen) atoms. The fourth-order valence-electron chi connectivity index (χ4n) is 3.72. The Balaban J connectivity index is 1.56. The molecule has 5 heteroatoms. The first-order valence-electron chi connectivity index (χ1n) is 9.33. The maximum absolute atomic E-state index is 13.3. The molecule has 1 saturated heterocycles. The summed E-state index contributed by atoms with van der Waals surface area (Å²) in [6.07, 6.45) is 3.54. The van der Waals surface area contributed by atoms with Crippen LogP contribution in [0.1, 0.15) is 22.0 Å². The van der Waals surface area contributed by atoms with Crippen molar-refractivity contribution in [3.8, 4) is 0 Å². The average Bonchev–Trinajstić information content (AvgIpc) is 2.76. The van der Waals surface area contributed by atoms with Crippen LogP contribution in [0.4, 0.5) is 5.95 Å². The van der Waals surface area contributed by atoms with Crippen LogP contribution in [0.3, 0.4) is 0 Å². The number of anilines is 1. The van der Waals surface area contributed by atoms with Crippen LogP contribution in [0.25, 0.3) is 0 Å². The Labute approximate surface area is 159 Å². The van der Waals surface area contributed by atoms with Crippen LogP contribution in [-0.4, -0.2) is 41.9 Å². The summed E-state index contributed by atoms with van der Waals surface area (Å²) in [5, 5.41) is 0. The number of benzene rings is 2. The summed E-state index contributed by atoms with van der Waals surface area (Å²) in [4.78, 5) is 25.5. The van der Waals surface area contributed by atoms with Gasteiger partial charge in [0, 0.05) is 23.5 Å². The number of hydrogen-bond donors (Lipinski definition) is 1. The van der Waals surface area contributed by atoms with Crippen LogP contribution >= 0.6 is 0 Å². The number of carbonyl (C=O) groups is 1. The lowest BCUT2D eigenvalue weighted by molar-refractivity contribution is -0.922. The number of piperazine rings is 1. The Morgan fingerprint density at radius 2 is 1.44 bits per heavy atom. The van der Waals surface area contributed by atoms with Crippen molar-refractivity contribution in [2.75, 3.05) is 31.1 Å². The first kappa shape index (κ1) is 17.4. The normalized spacial score (nSPS) is 16.1. The largest absolute Gasteiger partial charge is 0.330 e. The molecule has 1 N–H and O–H groups in total. The standard InChI is InChI=1S/C22H22N4O/c27-21(19-10-5-2-6-11-19)20(18-8-3-1-4-9-18)25-14-16-26(17-15-25)22-23-12-7-13-24-22/h1-13,20H,14-17H2/p+1/t20-/m0/s1. The molecule has 0 amide bonds. The summed E-state index contributed by atoms with van der Waals surface area (Å²) in [5.74, 6) is 0.948. The van der Waals surface area contributed by atoms with Gasteiger partial charge in [-0.2, -0.15) is 0 Å². The van der Waals surface area contributed by atoms with Gasteiger partial charge >= 0.3 is 0 Å². The zero-order valence-electron chi connectivity index (χ0n) is 15.2. The molecule has 1 atom stereocenters. The van der Waals surface area contributed by atoms with Gasteiger partial charge in [-0.3, -0.25) is 4.79 Å². The summed E-state index contributed by atoms with van der Waals surface area (Å²) in [5.41, 5.74) is 1.85. The molecule has 0 aliphatic carbocycles. The molecule has 136 valence electrons. The summed E-state index contributed by atoms with van der Waals surface area (Å²) >= 11 is 0. The lowest BCUT2D eigenvalue weighted by Gasteiger charge is -2.36. The van der Waals surface area contributed by atoms with Gasteiger partial charge in [-0.25, -0.2) is 9.97 Å². The van der Waals surface area contributed by atoms with Crippen LogP contribution in [0.5, 0.6) is 0 Å². The van der Waals surface area contributed by atoms with E-state index in [9.17, 15) is 4.79 Å². The van der Waals surface area contributed by atoms with Crippen molar-refractivity contribution in [1.82, 2.24) is 9.97 Å². The smallest absolute Gasteiger partial charge is 0.225 e. The van der Waals surface area contributed by atoms with Crippen LogP contribution < -0.4 is 9.80 Å². The predicted octanol–water partition coefficient (Wildman–Crippen LogP) is 1.81. The fraction of sp³-hybridized carbons (Fsp3) is 0.227. The Hall–Kier alpha value is -3.05. The molecule has 0 spiro atoms. The van der Waals surface area contributed by atoms with Crippen molar-refractivity contribution in [1.29, 1.82) is 0 Å². The third-order valence-electron chi connectivity index (χ3n) is 5.10. The molecule has 3 aromatic rings. The van der Waals surface area contributed by atoms with Gasteiger partial charge in [-0.05, 0) is 6.07 Å². The van der Waals surface area contributed by atoms with Crippen LogP contribution in [0.15, 0.2) is 79.1 Å². The molecule has 0 radical (unpaired) electrons. The molecule has 1 aliphatic heterocycles. The van der Waals surface area contributed by atoms with E-state index in [2.05, 4.69) is 27.0 Å². The molecule has 5 nitrogen and oxygen atoms in total. The fourth-order valence-corrected chi connectivity index (χ4v) is 3.72. The van der Waals surface area contributed by atoms with E-state index in [0.29, 0.717) is 0 Å². The third kappa shape index (κ3) is 3.88. The van der Waals surface area contributed by atoms with Gasteiger partial charge in [0.15, 0.2) is 6.04 Å². The van der Waals surface area contributed by atoms with Crippen molar-refractivity contribution < 1.29 is 9.69 Å². The summed E-state index contributed by atoms with van der Waals surface area (Å²) in [6, 6.07) is 21.4. The van der Waals surface area contributed by atoms with E-state index < -0.39 is 0 Å². The molecule has 0 bridgehead atoms. The van der Waals surface area contributed by atoms with Crippen LogP contribution in [0.2, 0.25) is 0 Å². The summed E-state index contributed by atoms with van der Waals surface area (Å²) < 4.78 is 0. The molecule has 1 fully saturated rings. The highest BCUT2D eigenvalue weighted by atomic mass is 16.1. The lowest BCUT2D eigenvalue weighted by atomic mass is 9.95. The molecule has 0 saturated carbocycles. The number of hydrogen-bond acceptors (Lipinski definition) is 4. The Morgan fingerprint density at radius 3 is 2.07 bits per heavy atom. The lowest BCUT2D eigenvalue weighted by Crippen LogP contribution is -3.15. The zero-order chi connectivity index (χ0) is 18.5. The predicted molar refractivity (Wildman–Crippen MR) is 105 cm³/mol. The van der Waals surface area contributed by atoms with E-state index in [0.717, 1.165) is 43.3 Å². The molecular formula is C22H23N4O+. The van der Waals surface area contributed by atoms with E-state index >= 15 is 0 Å². The minimum atomic E-state index is -0.188. The number of carbonyl (C=O) groups excluding carboxylic acids is 1. The van der Waals surface area contributed by atoms with Crippen molar-refractivity contribution >= 4 is 11.7 Å². The molecule has 2 aromatic carbocycles. The van der Waals surface area contributed by atoms with E-state index in [1.54, 1.807) is 12.4 Å². The number of quaternary nitrogens is 1. The second-order valence-electron chi connectivity index (χ2n) is 6.77. The van der Waals surface area contributed by atoms with Gasteiger partial charge in [0.2, 0.25) is 11.7 Å². The molecule has 1 aliphatic rings. The second kappa shape index (κ2) is 8.10. The monoisotopic (exact) mass is 359 g/mol. The number of rotatable bonds is 5. The van der Waals surface area contributed by atoms with Crippen molar-refractivity contribution in [2.24, 2.45) is 0 Å². The number of Topliss-reactive ketones (excluding diaryl/α,β-unsaturated/α-hetero) is 1. The van der Waals surface area contributed by atoms with Crippen molar-refractivity contribution in [3.05, 3.63) is 90.3 Å². The number of ketones is 1. The van der Waals surface area contributed by atoms with Crippen LogP contribution in [-0.2, 0) is 0 Å². The van der Waals surface area contributed by atoms with Crippen molar-refractivity contribution in [3.63, 3.8) is 0 Å². The Bertz CT molecular complexity index is 863.